The van der Waals surface area contributed by atoms with E-state index in [-0.39, 0.29) is 0 Å². The molecule has 0 aliphatic carbocycles. The van der Waals surface area contributed by atoms with E-state index in [2.05, 4.69) is 20.8 Å². The molecule has 0 saturated heterocycles. The van der Waals surface area contributed by atoms with Crippen LogP contribution in [0.3, 0.4) is 0 Å². The third-order valence-electron chi connectivity index (χ3n) is 1.39. The summed E-state index contributed by atoms with van der Waals surface area (Å²) >= 11 is 4.76. The van der Waals surface area contributed by atoms with Gasteiger partial charge in [0, 0.05) is 13.6 Å². The first-order chi connectivity index (χ1) is 4.45. The van der Waals surface area contributed by atoms with Crippen molar-refractivity contribution >= 4 is 17.7 Å². The van der Waals surface area contributed by atoms with Crippen LogP contribution in [0.5, 0.6) is 0 Å². The molecule has 0 fully saturated rings. The maximum absolute atomic E-state index is 4.76. The molecule has 0 bridgehead atoms. The third kappa shape index (κ3) is 6.02. The van der Waals surface area contributed by atoms with Gasteiger partial charge in [0.25, 0.3) is 0 Å². The van der Waals surface area contributed by atoms with Crippen LogP contribution in [-0.4, -0.2) is 24.0 Å². The molecule has 0 aromatic carbocycles. The summed E-state index contributed by atoms with van der Waals surface area (Å²) in [6.07, 6.45) is 1.19. The van der Waals surface area contributed by atoms with Gasteiger partial charge in [-0.05, 0) is 11.8 Å². The molecule has 0 saturated carbocycles. The SMILES string of the molecule is CN(C=S)CCC(C)(C)C. The Kier molecular flexibility index (Phi) is 3.87. The van der Waals surface area contributed by atoms with Gasteiger partial charge in [0.05, 0.1) is 5.49 Å². The van der Waals surface area contributed by atoms with Crippen LogP contribution in [0, 0.1) is 5.41 Å². The van der Waals surface area contributed by atoms with E-state index in [4.69, 9.17) is 12.2 Å². The summed E-state index contributed by atoms with van der Waals surface area (Å²) in [6.45, 7) is 7.78. The predicted molar refractivity (Wildman–Crippen MR) is 50.4 cm³/mol. The van der Waals surface area contributed by atoms with Crippen molar-refractivity contribution in [3.63, 3.8) is 0 Å². The molecule has 0 radical (unpaired) electrons. The Labute approximate surface area is 69.4 Å². The Bertz CT molecular complexity index is 104. The van der Waals surface area contributed by atoms with Crippen molar-refractivity contribution in [1.29, 1.82) is 0 Å². The van der Waals surface area contributed by atoms with Gasteiger partial charge in [-0.25, -0.2) is 0 Å². The van der Waals surface area contributed by atoms with E-state index in [0.717, 1.165) is 6.54 Å². The van der Waals surface area contributed by atoms with Crippen molar-refractivity contribution in [3.8, 4) is 0 Å². The molecule has 1 nitrogen and oxygen atoms in total. The molecule has 0 spiro atoms. The third-order valence-corrected chi connectivity index (χ3v) is 1.75. The van der Waals surface area contributed by atoms with E-state index in [1.165, 1.54) is 6.42 Å². The van der Waals surface area contributed by atoms with E-state index in [1.807, 2.05) is 11.9 Å². The largest absolute Gasteiger partial charge is 0.372 e. The number of nitrogens with zero attached hydrogens (tertiary/aromatic N) is 1. The molecule has 0 aromatic heterocycles. The normalized spacial score (nSPS) is 11.2. The minimum Gasteiger partial charge on any atom is -0.372 e. The lowest BCUT2D eigenvalue weighted by molar-refractivity contribution is 0.333. The van der Waals surface area contributed by atoms with Gasteiger partial charge in [-0.2, -0.15) is 0 Å². The average molecular weight is 159 g/mol. The molecule has 0 rings (SSSR count). The van der Waals surface area contributed by atoms with Gasteiger partial charge in [0.1, 0.15) is 0 Å². The first-order valence-corrected chi connectivity index (χ1v) is 4.08. The topological polar surface area (TPSA) is 3.24 Å². The fourth-order valence-corrected chi connectivity index (χ4v) is 0.670. The zero-order valence-electron chi connectivity index (χ0n) is 7.35. The number of thiocarbonyl (C=S) groups is 1. The number of hydrogen-bond acceptors (Lipinski definition) is 1. The summed E-state index contributed by atoms with van der Waals surface area (Å²) in [4.78, 5) is 2.04. The average Bonchev–Trinajstić information content (AvgIpc) is 1.81. The summed E-state index contributed by atoms with van der Waals surface area (Å²) in [5.74, 6) is 0. The Morgan fingerprint density at radius 2 is 1.90 bits per heavy atom. The van der Waals surface area contributed by atoms with Crippen LogP contribution in [0.4, 0.5) is 0 Å². The second kappa shape index (κ2) is 3.91. The van der Waals surface area contributed by atoms with Crippen molar-refractivity contribution in [3.05, 3.63) is 0 Å². The summed E-state index contributed by atoms with van der Waals surface area (Å²) in [6, 6.07) is 0. The van der Waals surface area contributed by atoms with Gasteiger partial charge in [0.15, 0.2) is 0 Å². The first kappa shape index (κ1) is 9.89. The molecule has 0 amide bonds. The zero-order chi connectivity index (χ0) is 8.20. The molecule has 10 heavy (non-hydrogen) atoms. The van der Waals surface area contributed by atoms with Crippen molar-refractivity contribution in [1.82, 2.24) is 4.90 Å². The summed E-state index contributed by atoms with van der Waals surface area (Å²) in [5.41, 5.74) is 2.12. The smallest absolute Gasteiger partial charge is 0.0638 e. The van der Waals surface area contributed by atoms with E-state index in [9.17, 15) is 0 Å². The molecule has 0 aliphatic heterocycles. The molecule has 60 valence electrons. The summed E-state index contributed by atoms with van der Waals surface area (Å²) < 4.78 is 0. The first-order valence-electron chi connectivity index (χ1n) is 3.61. The lowest BCUT2D eigenvalue weighted by Gasteiger charge is -2.21. The van der Waals surface area contributed by atoms with Crippen molar-refractivity contribution in [2.24, 2.45) is 5.41 Å². The predicted octanol–water partition coefficient (Wildman–Crippen LogP) is 2.31. The molecular weight excluding hydrogens is 142 g/mol. The maximum atomic E-state index is 4.76. The highest BCUT2D eigenvalue weighted by atomic mass is 32.1. The maximum Gasteiger partial charge on any atom is 0.0638 e. The summed E-state index contributed by atoms with van der Waals surface area (Å²) in [7, 11) is 2.01. The lowest BCUT2D eigenvalue weighted by Crippen LogP contribution is -2.21. The Hall–Kier alpha value is -0.110. The van der Waals surface area contributed by atoms with Crippen LogP contribution in [0.1, 0.15) is 27.2 Å². The fourth-order valence-electron chi connectivity index (χ4n) is 0.564. The molecule has 0 heterocycles. The highest BCUT2D eigenvalue weighted by Crippen LogP contribution is 2.17. The van der Waals surface area contributed by atoms with E-state index >= 15 is 0 Å². The van der Waals surface area contributed by atoms with E-state index in [0.29, 0.717) is 5.41 Å². The van der Waals surface area contributed by atoms with Gasteiger partial charge < -0.3 is 4.90 Å². The highest BCUT2D eigenvalue weighted by Gasteiger charge is 2.09. The molecule has 0 N–H and O–H groups in total. The standard InChI is InChI=1S/C8H17NS/c1-8(2,3)5-6-9(4)7-10/h7H,5-6H2,1-4H3. The van der Waals surface area contributed by atoms with Crippen LogP contribution in [0.25, 0.3) is 0 Å². The molecule has 0 atom stereocenters. The Balaban J connectivity index is 3.45. The Morgan fingerprint density at radius 3 is 2.20 bits per heavy atom. The Morgan fingerprint density at radius 1 is 1.40 bits per heavy atom. The molecule has 0 aromatic rings. The van der Waals surface area contributed by atoms with Crippen molar-refractivity contribution < 1.29 is 0 Å². The molecular formula is C8H17NS. The molecule has 2 heteroatoms. The molecule has 0 aliphatic rings. The van der Waals surface area contributed by atoms with Crippen LogP contribution >= 0.6 is 12.2 Å². The second-order valence-corrected chi connectivity index (χ2v) is 4.11. The van der Waals surface area contributed by atoms with Gasteiger partial charge in [-0.1, -0.05) is 33.0 Å². The van der Waals surface area contributed by atoms with Gasteiger partial charge >= 0.3 is 0 Å². The highest BCUT2D eigenvalue weighted by molar-refractivity contribution is 7.78. The fraction of sp³-hybridized carbons (Fsp3) is 0.875. The number of hydrogen-bond donors (Lipinski definition) is 0. The van der Waals surface area contributed by atoms with Gasteiger partial charge in [-0.3, -0.25) is 0 Å². The lowest BCUT2D eigenvalue weighted by atomic mass is 9.92. The van der Waals surface area contributed by atoms with Gasteiger partial charge in [0.2, 0.25) is 0 Å². The van der Waals surface area contributed by atoms with Crippen LogP contribution in [-0.2, 0) is 0 Å². The monoisotopic (exact) mass is 159 g/mol. The van der Waals surface area contributed by atoms with Crippen LogP contribution in [0.2, 0.25) is 0 Å². The van der Waals surface area contributed by atoms with Crippen molar-refractivity contribution in [2.75, 3.05) is 13.6 Å². The number of rotatable bonds is 3. The zero-order valence-corrected chi connectivity index (χ0v) is 8.16. The molecule has 0 unspecified atom stereocenters. The van der Waals surface area contributed by atoms with Crippen LogP contribution < -0.4 is 0 Å². The van der Waals surface area contributed by atoms with Crippen molar-refractivity contribution in [2.45, 2.75) is 27.2 Å². The van der Waals surface area contributed by atoms with E-state index in [1.54, 1.807) is 5.49 Å². The van der Waals surface area contributed by atoms with E-state index < -0.39 is 0 Å². The summed E-state index contributed by atoms with van der Waals surface area (Å²) in [5, 5.41) is 0. The minimum absolute atomic E-state index is 0.423. The van der Waals surface area contributed by atoms with Gasteiger partial charge in [-0.15, -0.1) is 0 Å². The minimum atomic E-state index is 0.423. The second-order valence-electron chi connectivity index (χ2n) is 3.90. The van der Waals surface area contributed by atoms with Crippen LogP contribution in [0.15, 0.2) is 0 Å². The quantitative estimate of drug-likeness (QED) is 0.581.